The van der Waals surface area contributed by atoms with E-state index in [-0.39, 0.29) is 5.91 Å². The molecule has 0 aliphatic carbocycles. The first kappa shape index (κ1) is 13.3. The summed E-state index contributed by atoms with van der Waals surface area (Å²) in [4.78, 5) is 20.8. The van der Waals surface area contributed by atoms with Crippen molar-refractivity contribution in [3.8, 4) is 9.88 Å². The maximum atomic E-state index is 12.4. The zero-order valence-electron chi connectivity index (χ0n) is 10.5. The standard InChI is InChI=1S/C13H13BrN2OS2/c1-8-11(13(17)16-4-2-3-5-16)19-12(15-8)10-6-9(14)7-18-10/h6-7H,2-5H2,1H3. The topological polar surface area (TPSA) is 33.2 Å². The predicted octanol–water partition coefficient (Wildman–Crippen LogP) is 4.18. The van der Waals surface area contributed by atoms with Gasteiger partial charge in [-0.05, 0) is 41.8 Å². The second-order valence-electron chi connectivity index (χ2n) is 4.56. The molecule has 100 valence electrons. The number of rotatable bonds is 2. The molecule has 1 amide bonds. The Labute approximate surface area is 128 Å². The average molecular weight is 357 g/mol. The normalized spacial score (nSPS) is 15.2. The fourth-order valence-corrected chi connectivity index (χ4v) is 4.71. The molecule has 0 N–H and O–H groups in total. The predicted molar refractivity (Wildman–Crippen MR) is 83.0 cm³/mol. The smallest absolute Gasteiger partial charge is 0.265 e. The fourth-order valence-electron chi connectivity index (χ4n) is 2.19. The van der Waals surface area contributed by atoms with Crippen LogP contribution in [-0.4, -0.2) is 28.9 Å². The molecule has 0 bridgehead atoms. The molecule has 2 aromatic heterocycles. The van der Waals surface area contributed by atoms with E-state index in [2.05, 4.69) is 20.9 Å². The monoisotopic (exact) mass is 356 g/mol. The first-order chi connectivity index (χ1) is 9.15. The summed E-state index contributed by atoms with van der Waals surface area (Å²) in [5.74, 6) is 0.148. The summed E-state index contributed by atoms with van der Waals surface area (Å²) < 4.78 is 1.06. The van der Waals surface area contributed by atoms with Crippen molar-refractivity contribution in [1.82, 2.24) is 9.88 Å². The van der Waals surface area contributed by atoms with Gasteiger partial charge in [-0.2, -0.15) is 0 Å². The van der Waals surface area contributed by atoms with Crippen LogP contribution in [0.3, 0.4) is 0 Å². The van der Waals surface area contributed by atoms with Crippen molar-refractivity contribution in [3.63, 3.8) is 0 Å². The number of hydrogen-bond acceptors (Lipinski definition) is 4. The van der Waals surface area contributed by atoms with Gasteiger partial charge >= 0.3 is 0 Å². The molecule has 1 saturated heterocycles. The Balaban J connectivity index is 1.90. The molecule has 0 radical (unpaired) electrons. The summed E-state index contributed by atoms with van der Waals surface area (Å²) in [5.41, 5.74) is 0.849. The highest BCUT2D eigenvalue weighted by molar-refractivity contribution is 9.10. The van der Waals surface area contributed by atoms with Crippen LogP contribution < -0.4 is 0 Å². The molecule has 19 heavy (non-hydrogen) atoms. The van der Waals surface area contributed by atoms with Crippen molar-refractivity contribution < 1.29 is 4.79 Å². The first-order valence-corrected chi connectivity index (χ1v) is 8.65. The van der Waals surface area contributed by atoms with Gasteiger partial charge in [-0.15, -0.1) is 22.7 Å². The number of carbonyl (C=O) groups is 1. The number of halogens is 1. The van der Waals surface area contributed by atoms with Gasteiger partial charge in [0, 0.05) is 22.9 Å². The molecule has 0 saturated carbocycles. The van der Waals surface area contributed by atoms with Gasteiger partial charge < -0.3 is 4.90 Å². The highest BCUT2D eigenvalue weighted by Crippen LogP contribution is 2.34. The van der Waals surface area contributed by atoms with Crippen LogP contribution in [0.4, 0.5) is 0 Å². The summed E-state index contributed by atoms with van der Waals surface area (Å²) in [6, 6.07) is 2.05. The van der Waals surface area contributed by atoms with Crippen LogP contribution >= 0.6 is 38.6 Å². The quantitative estimate of drug-likeness (QED) is 0.808. The molecule has 3 heterocycles. The lowest BCUT2D eigenvalue weighted by atomic mass is 10.3. The van der Waals surface area contributed by atoms with Crippen molar-refractivity contribution in [1.29, 1.82) is 0 Å². The van der Waals surface area contributed by atoms with Gasteiger partial charge in [0.05, 0.1) is 10.6 Å². The highest BCUT2D eigenvalue weighted by Gasteiger charge is 2.24. The number of aromatic nitrogens is 1. The third kappa shape index (κ3) is 2.61. The summed E-state index contributed by atoms with van der Waals surface area (Å²) in [6.45, 7) is 3.69. The molecule has 1 fully saturated rings. The Kier molecular flexibility index (Phi) is 3.73. The molecule has 0 aromatic carbocycles. The molecular weight excluding hydrogens is 344 g/mol. The molecule has 0 unspecified atom stereocenters. The van der Waals surface area contributed by atoms with Crippen molar-refractivity contribution in [2.75, 3.05) is 13.1 Å². The molecule has 1 aliphatic heterocycles. The number of nitrogens with zero attached hydrogens (tertiary/aromatic N) is 2. The zero-order valence-corrected chi connectivity index (χ0v) is 13.7. The van der Waals surface area contributed by atoms with Gasteiger partial charge in [0.15, 0.2) is 0 Å². The van der Waals surface area contributed by atoms with Gasteiger partial charge in [0.1, 0.15) is 9.88 Å². The van der Waals surface area contributed by atoms with Crippen LogP contribution in [0.2, 0.25) is 0 Å². The van der Waals surface area contributed by atoms with Gasteiger partial charge in [-0.25, -0.2) is 4.98 Å². The minimum atomic E-state index is 0.148. The number of hydrogen-bond donors (Lipinski definition) is 0. The van der Waals surface area contributed by atoms with Crippen LogP contribution in [0.1, 0.15) is 28.2 Å². The maximum absolute atomic E-state index is 12.4. The Morgan fingerprint density at radius 2 is 2.16 bits per heavy atom. The van der Waals surface area contributed by atoms with Crippen LogP contribution in [0.5, 0.6) is 0 Å². The van der Waals surface area contributed by atoms with E-state index >= 15 is 0 Å². The number of carbonyl (C=O) groups excluding carboxylic acids is 1. The molecule has 6 heteroatoms. The van der Waals surface area contributed by atoms with Crippen molar-refractivity contribution in [2.45, 2.75) is 19.8 Å². The van der Waals surface area contributed by atoms with Gasteiger partial charge in [0.25, 0.3) is 5.91 Å². The van der Waals surface area contributed by atoms with E-state index in [0.29, 0.717) is 0 Å². The SMILES string of the molecule is Cc1nc(-c2cc(Br)cs2)sc1C(=O)N1CCCC1. The second kappa shape index (κ2) is 5.34. The number of thiazole rings is 1. The largest absolute Gasteiger partial charge is 0.338 e. The lowest BCUT2D eigenvalue weighted by Crippen LogP contribution is -2.27. The molecule has 3 rings (SSSR count). The van der Waals surface area contributed by atoms with Crippen LogP contribution in [0.15, 0.2) is 15.9 Å². The number of likely N-dealkylation sites (tertiary alicyclic amines) is 1. The third-order valence-corrected chi connectivity index (χ3v) is 6.17. The highest BCUT2D eigenvalue weighted by atomic mass is 79.9. The first-order valence-electron chi connectivity index (χ1n) is 6.16. The summed E-state index contributed by atoms with van der Waals surface area (Å²) in [5, 5.41) is 2.98. The van der Waals surface area contributed by atoms with E-state index in [1.165, 1.54) is 11.3 Å². The van der Waals surface area contributed by atoms with Gasteiger partial charge in [-0.3, -0.25) is 4.79 Å². The maximum Gasteiger partial charge on any atom is 0.265 e. The Bertz CT molecular complexity index is 614. The Hall–Kier alpha value is -0.720. The number of aryl methyl sites for hydroxylation is 1. The molecular formula is C13H13BrN2OS2. The van der Waals surface area contributed by atoms with Crippen LogP contribution in [0.25, 0.3) is 9.88 Å². The van der Waals surface area contributed by atoms with Crippen molar-refractivity contribution in [2.24, 2.45) is 0 Å². The average Bonchev–Trinajstić information content (AvgIpc) is 3.08. The van der Waals surface area contributed by atoms with Crippen LogP contribution in [0, 0.1) is 6.92 Å². The van der Waals surface area contributed by atoms with E-state index < -0.39 is 0 Å². The zero-order chi connectivity index (χ0) is 13.4. The summed E-state index contributed by atoms with van der Waals surface area (Å²) >= 11 is 6.60. The minimum absolute atomic E-state index is 0.148. The molecule has 0 atom stereocenters. The summed E-state index contributed by atoms with van der Waals surface area (Å²) in [7, 11) is 0. The van der Waals surface area contributed by atoms with E-state index in [1.54, 1.807) is 11.3 Å². The Morgan fingerprint density at radius 3 is 2.79 bits per heavy atom. The molecule has 1 aliphatic rings. The van der Waals surface area contributed by atoms with Gasteiger partial charge in [0.2, 0.25) is 0 Å². The van der Waals surface area contributed by atoms with Crippen molar-refractivity contribution >= 4 is 44.5 Å². The lowest BCUT2D eigenvalue weighted by molar-refractivity contribution is 0.0796. The summed E-state index contributed by atoms with van der Waals surface area (Å²) in [6.07, 6.45) is 2.24. The lowest BCUT2D eigenvalue weighted by Gasteiger charge is -2.13. The van der Waals surface area contributed by atoms with E-state index in [4.69, 9.17) is 0 Å². The number of amides is 1. The molecule has 2 aromatic rings. The van der Waals surface area contributed by atoms with Gasteiger partial charge in [-0.1, -0.05) is 0 Å². The minimum Gasteiger partial charge on any atom is -0.338 e. The van der Waals surface area contributed by atoms with Crippen molar-refractivity contribution in [3.05, 3.63) is 26.5 Å². The molecule has 3 nitrogen and oxygen atoms in total. The molecule has 0 spiro atoms. The fraction of sp³-hybridized carbons (Fsp3) is 0.385. The van der Waals surface area contributed by atoms with E-state index in [9.17, 15) is 4.79 Å². The third-order valence-electron chi connectivity index (χ3n) is 3.16. The van der Waals surface area contributed by atoms with Crippen LogP contribution in [-0.2, 0) is 0 Å². The second-order valence-corrected chi connectivity index (χ2v) is 7.39. The van der Waals surface area contributed by atoms with E-state index in [1.807, 2.05) is 23.3 Å². The van der Waals surface area contributed by atoms with E-state index in [0.717, 1.165) is 50.9 Å². The number of thiophene rings is 1. The Morgan fingerprint density at radius 1 is 1.42 bits per heavy atom.